The van der Waals surface area contributed by atoms with E-state index in [-0.39, 0.29) is 0 Å². The van der Waals surface area contributed by atoms with Crippen LogP contribution in [0.15, 0.2) is 43.0 Å². The summed E-state index contributed by atoms with van der Waals surface area (Å²) in [6, 6.07) is 7.11. The van der Waals surface area contributed by atoms with E-state index in [0.717, 1.165) is 5.75 Å². The number of fused-ring (bicyclic) bond motifs is 1. The zero-order valence-electron chi connectivity index (χ0n) is 12.4. The molecule has 0 spiro atoms. The Balaban J connectivity index is 1.69. The third-order valence-corrected chi connectivity index (χ3v) is 3.43. The van der Waals surface area contributed by atoms with E-state index in [1.165, 1.54) is 6.33 Å². The van der Waals surface area contributed by atoms with Gasteiger partial charge in [0, 0.05) is 23.8 Å². The van der Waals surface area contributed by atoms with Crippen LogP contribution < -0.4 is 14.2 Å². The normalized spacial score (nSPS) is 10.5. The van der Waals surface area contributed by atoms with Crippen LogP contribution in [0.3, 0.4) is 0 Å². The second kappa shape index (κ2) is 7.11. The zero-order valence-corrected chi connectivity index (χ0v) is 13.2. The maximum absolute atomic E-state index is 6.06. The van der Waals surface area contributed by atoms with Gasteiger partial charge in [-0.05, 0) is 18.2 Å². The topological polar surface area (TPSA) is 66.4 Å². The molecule has 0 fully saturated rings. The average molecular weight is 332 g/mol. The molecule has 0 aliphatic carbocycles. The van der Waals surface area contributed by atoms with Gasteiger partial charge >= 0.3 is 0 Å². The van der Waals surface area contributed by atoms with Crippen LogP contribution in [0.1, 0.15) is 0 Å². The van der Waals surface area contributed by atoms with Gasteiger partial charge in [-0.1, -0.05) is 11.6 Å². The van der Waals surface area contributed by atoms with Crippen LogP contribution in [0.4, 0.5) is 0 Å². The molecule has 7 heteroatoms. The maximum Gasteiger partial charge on any atom is 0.163 e. The van der Waals surface area contributed by atoms with Crippen LogP contribution in [0.5, 0.6) is 17.2 Å². The van der Waals surface area contributed by atoms with Gasteiger partial charge in [0.1, 0.15) is 30.4 Å². The molecule has 118 valence electrons. The van der Waals surface area contributed by atoms with E-state index in [2.05, 4.69) is 15.0 Å². The van der Waals surface area contributed by atoms with Crippen LogP contribution in [0.25, 0.3) is 10.9 Å². The molecule has 3 rings (SSSR count). The van der Waals surface area contributed by atoms with Crippen LogP contribution in [-0.4, -0.2) is 35.3 Å². The maximum atomic E-state index is 6.06. The smallest absolute Gasteiger partial charge is 0.163 e. The van der Waals surface area contributed by atoms with E-state index in [1.54, 1.807) is 43.8 Å². The Kier molecular flexibility index (Phi) is 4.73. The fraction of sp³-hybridized carbons (Fsp3) is 0.188. The van der Waals surface area contributed by atoms with Crippen molar-refractivity contribution in [2.45, 2.75) is 0 Å². The third kappa shape index (κ3) is 3.60. The van der Waals surface area contributed by atoms with Crippen molar-refractivity contribution in [3.05, 3.63) is 48.1 Å². The van der Waals surface area contributed by atoms with E-state index in [1.807, 2.05) is 0 Å². The van der Waals surface area contributed by atoms with Crippen molar-refractivity contribution in [3.63, 3.8) is 0 Å². The Morgan fingerprint density at radius 1 is 1.00 bits per heavy atom. The molecular weight excluding hydrogens is 318 g/mol. The first kappa shape index (κ1) is 15.3. The fourth-order valence-electron chi connectivity index (χ4n) is 2.05. The molecule has 1 aromatic carbocycles. The highest BCUT2D eigenvalue weighted by atomic mass is 35.5. The summed E-state index contributed by atoms with van der Waals surface area (Å²) < 4.78 is 16.6. The van der Waals surface area contributed by atoms with Crippen molar-refractivity contribution in [2.24, 2.45) is 0 Å². The summed E-state index contributed by atoms with van der Waals surface area (Å²) >= 11 is 6.06. The number of benzene rings is 1. The van der Waals surface area contributed by atoms with Gasteiger partial charge in [-0.15, -0.1) is 0 Å². The molecule has 23 heavy (non-hydrogen) atoms. The van der Waals surface area contributed by atoms with Crippen molar-refractivity contribution >= 4 is 22.5 Å². The minimum atomic E-state index is 0.364. The number of hydrogen-bond donors (Lipinski definition) is 0. The first-order valence-electron chi connectivity index (χ1n) is 6.92. The van der Waals surface area contributed by atoms with Crippen LogP contribution >= 0.6 is 11.6 Å². The Labute approximate surface area is 138 Å². The van der Waals surface area contributed by atoms with Gasteiger partial charge < -0.3 is 14.2 Å². The van der Waals surface area contributed by atoms with E-state index < -0.39 is 0 Å². The standard InChI is InChI=1S/C16H14ClN3O3/c1-21-14-8-12-13(19-10-20-16(12)17)9-15(14)23-7-6-22-11-2-4-18-5-3-11/h2-5,8-10H,6-7H2,1H3. The summed E-state index contributed by atoms with van der Waals surface area (Å²) in [5, 5.41) is 1.09. The third-order valence-electron chi connectivity index (χ3n) is 3.13. The second-order valence-corrected chi connectivity index (χ2v) is 4.92. The van der Waals surface area contributed by atoms with E-state index in [9.17, 15) is 0 Å². The predicted octanol–water partition coefficient (Wildman–Crippen LogP) is 3.14. The van der Waals surface area contributed by atoms with Crippen LogP contribution in [0.2, 0.25) is 5.15 Å². The molecule has 0 unspecified atom stereocenters. The van der Waals surface area contributed by atoms with Crippen LogP contribution in [-0.2, 0) is 0 Å². The monoisotopic (exact) mass is 331 g/mol. The molecular formula is C16H14ClN3O3. The summed E-state index contributed by atoms with van der Waals surface area (Å²) in [5.74, 6) is 1.89. The Morgan fingerprint density at radius 2 is 1.78 bits per heavy atom. The quantitative estimate of drug-likeness (QED) is 0.510. The van der Waals surface area contributed by atoms with Crippen LogP contribution in [0, 0.1) is 0 Å². The molecule has 2 aromatic heterocycles. The number of hydrogen-bond acceptors (Lipinski definition) is 6. The molecule has 6 nitrogen and oxygen atoms in total. The number of methoxy groups -OCH3 is 1. The molecule has 0 saturated heterocycles. The molecule has 0 amide bonds. The SMILES string of the molecule is COc1cc2c(Cl)ncnc2cc1OCCOc1ccncc1. The van der Waals surface area contributed by atoms with E-state index >= 15 is 0 Å². The highest BCUT2D eigenvalue weighted by Gasteiger charge is 2.10. The number of aromatic nitrogens is 3. The van der Waals surface area contributed by atoms with Crippen molar-refractivity contribution in [1.82, 2.24) is 15.0 Å². The first-order valence-corrected chi connectivity index (χ1v) is 7.29. The van der Waals surface area contributed by atoms with E-state index in [4.69, 9.17) is 25.8 Å². The number of nitrogens with zero attached hydrogens (tertiary/aromatic N) is 3. The number of rotatable bonds is 6. The molecule has 0 atom stereocenters. The van der Waals surface area contributed by atoms with Gasteiger partial charge in [0.15, 0.2) is 11.5 Å². The number of halogens is 1. The van der Waals surface area contributed by atoms with Gasteiger partial charge in [-0.2, -0.15) is 0 Å². The lowest BCUT2D eigenvalue weighted by atomic mass is 10.2. The second-order valence-electron chi connectivity index (χ2n) is 4.56. The van der Waals surface area contributed by atoms with E-state index in [0.29, 0.717) is 40.8 Å². The highest BCUT2D eigenvalue weighted by molar-refractivity contribution is 6.34. The lowest BCUT2D eigenvalue weighted by Crippen LogP contribution is -2.09. The summed E-state index contributed by atoms with van der Waals surface area (Å²) in [7, 11) is 1.57. The number of ether oxygens (including phenoxy) is 3. The van der Waals surface area contributed by atoms with Crippen molar-refractivity contribution < 1.29 is 14.2 Å². The van der Waals surface area contributed by atoms with Gasteiger partial charge in [0.2, 0.25) is 0 Å². The van der Waals surface area contributed by atoms with Crippen molar-refractivity contribution in [3.8, 4) is 17.2 Å². The summed E-state index contributed by atoms with van der Waals surface area (Å²) in [6.07, 6.45) is 4.76. The fourth-order valence-corrected chi connectivity index (χ4v) is 2.25. The highest BCUT2D eigenvalue weighted by Crippen LogP contribution is 2.33. The molecule has 0 aliphatic heterocycles. The molecule has 0 aliphatic rings. The van der Waals surface area contributed by atoms with Gasteiger partial charge in [-0.3, -0.25) is 4.98 Å². The van der Waals surface area contributed by atoms with Gasteiger partial charge in [0.25, 0.3) is 0 Å². The van der Waals surface area contributed by atoms with Crippen molar-refractivity contribution in [2.75, 3.05) is 20.3 Å². The zero-order chi connectivity index (χ0) is 16.1. The minimum absolute atomic E-state index is 0.364. The summed E-state index contributed by atoms with van der Waals surface area (Å²) in [4.78, 5) is 12.1. The lowest BCUT2D eigenvalue weighted by Gasteiger charge is -2.12. The summed E-state index contributed by atoms with van der Waals surface area (Å²) in [5.41, 5.74) is 0.691. The molecule has 3 aromatic rings. The van der Waals surface area contributed by atoms with Gasteiger partial charge in [0.05, 0.1) is 12.6 Å². The molecule has 0 radical (unpaired) electrons. The minimum Gasteiger partial charge on any atom is -0.493 e. The Morgan fingerprint density at radius 3 is 2.57 bits per heavy atom. The largest absolute Gasteiger partial charge is 0.493 e. The Hall–Kier alpha value is -2.60. The average Bonchev–Trinajstić information content (AvgIpc) is 2.59. The lowest BCUT2D eigenvalue weighted by molar-refractivity contribution is 0.211. The van der Waals surface area contributed by atoms with Gasteiger partial charge in [-0.25, -0.2) is 9.97 Å². The molecule has 0 saturated carbocycles. The summed E-state index contributed by atoms with van der Waals surface area (Å²) in [6.45, 7) is 0.763. The molecule has 2 heterocycles. The van der Waals surface area contributed by atoms with Crippen molar-refractivity contribution in [1.29, 1.82) is 0 Å². The Bertz CT molecular complexity index is 799. The molecule has 0 N–H and O–H groups in total. The molecule has 0 bridgehead atoms. The predicted molar refractivity (Wildman–Crippen MR) is 86.3 cm³/mol. The first-order chi connectivity index (χ1) is 11.3. The number of pyridine rings is 1.